The smallest absolute Gasteiger partial charge is 0.327 e. The van der Waals surface area contributed by atoms with E-state index in [4.69, 9.17) is 0 Å². The molecule has 7 nitrogen and oxygen atoms in total. The summed E-state index contributed by atoms with van der Waals surface area (Å²) in [5.74, 6) is 0.0562. The second-order valence-corrected chi connectivity index (χ2v) is 8.47. The van der Waals surface area contributed by atoms with Gasteiger partial charge in [-0.2, -0.15) is 11.3 Å². The van der Waals surface area contributed by atoms with Crippen LogP contribution in [0, 0.1) is 5.92 Å². The topological polar surface area (TPSA) is 81.2 Å². The van der Waals surface area contributed by atoms with E-state index in [-0.39, 0.29) is 36.9 Å². The molecule has 0 aliphatic carbocycles. The summed E-state index contributed by atoms with van der Waals surface area (Å²) < 4.78 is 0. The molecule has 0 radical (unpaired) electrons. The number of hydrogen-bond donors (Lipinski definition) is 1. The molecule has 2 aliphatic heterocycles. The Labute approximate surface area is 163 Å². The van der Waals surface area contributed by atoms with E-state index in [0.717, 1.165) is 5.56 Å². The molecule has 3 rings (SSSR count). The summed E-state index contributed by atoms with van der Waals surface area (Å²) >= 11 is 1.57. The third-order valence-electron chi connectivity index (χ3n) is 5.37. The zero-order chi connectivity index (χ0) is 19.6. The highest BCUT2D eigenvalue weighted by Gasteiger charge is 2.57. The number of rotatable bonds is 6. The van der Waals surface area contributed by atoms with Gasteiger partial charge in [0.25, 0.3) is 5.91 Å². The number of amides is 4. The maximum absolute atomic E-state index is 13.1. The van der Waals surface area contributed by atoms with Gasteiger partial charge in [-0.3, -0.25) is 14.5 Å². The first kappa shape index (κ1) is 19.8. The molecule has 27 heavy (non-hydrogen) atoms. The van der Waals surface area contributed by atoms with Crippen LogP contribution in [0.2, 0.25) is 0 Å². The quantitative estimate of drug-likeness (QED) is 0.744. The fourth-order valence-electron chi connectivity index (χ4n) is 3.99. The molecule has 2 aliphatic rings. The monoisotopic (exact) mass is 393 g/mol. The SMILES string of the molecule is CC(C)CN1C(=O)N(CCO)C(=O)C12CCN(C(=O)Cc1ccsc1)CC2. The largest absolute Gasteiger partial charge is 0.395 e. The Kier molecular flexibility index (Phi) is 5.86. The molecule has 1 N–H and O–H groups in total. The first-order valence-corrected chi connectivity index (χ1v) is 10.4. The molecule has 1 aromatic rings. The van der Waals surface area contributed by atoms with Gasteiger partial charge in [0.2, 0.25) is 5.91 Å². The summed E-state index contributed by atoms with van der Waals surface area (Å²) in [6, 6.07) is 1.63. The van der Waals surface area contributed by atoms with Crippen LogP contribution in [0.5, 0.6) is 0 Å². The standard InChI is InChI=1S/C19H27N3O4S/c1-14(2)12-22-18(26)21(8-9-23)17(25)19(22)4-6-20(7-5-19)16(24)11-15-3-10-27-13-15/h3,10,13-14,23H,4-9,11-12H2,1-2H3. The van der Waals surface area contributed by atoms with Crippen LogP contribution in [-0.4, -0.2) is 76.0 Å². The third-order valence-corrected chi connectivity index (χ3v) is 6.10. The summed E-state index contributed by atoms with van der Waals surface area (Å²) in [7, 11) is 0. The predicted molar refractivity (Wildman–Crippen MR) is 102 cm³/mol. The highest BCUT2D eigenvalue weighted by atomic mass is 32.1. The Balaban J connectivity index is 1.73. The Morgan fingerprint density at radius 3 is 2.56 bits per heavy atom. The van der Waals surface area contributed by atoms with E-state index in [9.17, 15) is 19.5 Å². The molecule has 8 heteroatoms. The molecule has 2 fully saturated rings. The van der Waals surface area contributed by atoms with Crippen LogP contribution in [0.4, 0.5) is 4.79 Å². The van der Waals surface area contributed by atoms with E-state index in [1.165, 1.54) is 4.90 Å². The van der Waals surface area contributed by atoms with Crippen LogP contribution >= 0.6 is 11.3 Å². The van der Waals surface area contributed by atoms with Crippen LogP contribution < -0.4 is 0 Å². The molecule has 148 valence electrons. The minimum atomic E-state index is -0.879. The van der Waals surface area contributed by atoms with Gasteiger partial charge >= 0.3 is 6.03 Å². The molecular formula is C19H27N3O4S. The molecule has 0 atom stereocenters. The van der Waals surface area contributed by atoms with Gasteiger partial charge in [0, 0.05) is 19.6 Å². The van der Waals surface area contributed by atoms with E-state index in [1.54, 1.807) is 21.1 Å². The Hall–Kier alpha value is -1.93. The lowest BCUT2D eigenvalue weighted by Crippen LogP contribution is -2.58. The zero-order valence-corrected chi connectivity index (χ0v) is 16.7. The number of β-amino-alcohol motifs (C(OH)–C–C–N with tert-alkyl or cyclic N) is 1. The number of aliphatic hydroxyl groups is 1. The molecule has 3 heterocycles. The third kappa shape index (κ3) is 3.73. The molecular weight excluding hydrogens is 366 g/mol. The summed E-state index contributed by atoms with van der Waals surface area (Å²) in [6.45, 7) is 5.23. The molecule has 1 aromatic heterocycles. The van der Waals surface area contributed by atoms with Crippen molar-refractivity contribution in [3.63, 3.8) is 0 Å². The average molecular weight is 394 g/mol. The number of likely N-dealkylation sites (tertiary alicyclic amines) is 1. The van der Waals surface area contributed by atoms with Crippen LogP contribution in [-0.2, 0) is 16.0 Å². The Morgan fingerprint density at radius 1 is 1.30 bits per heavy atom. The fraction of sp³-hybridized carbons (Fsp3) is 0.632. The van der Waals surface area contributed by atoms with Crippen molar-refractivity contribution in [2.75, 3.05) is 32.8 Å². The second kappa shape index (κ2) is 7.98. The molecule has 0 saturated carbocycles. The number of aliphatic hydroxyl groups excluding tert-OH is 1. The number of hydrogen-bond acceptors (Lipinski definition) is 5. The number of urea groups is 1. The summed E-state index contributed by atoms with van der Waals surface area (Å²) in [5, 5.41) is 13.2. The van der Waals surface area contributed by atoms with Gasteiger partial charge in [-0.05, 0) is 41.1 Å². The van der Waals surface area contributed by atoms with Crippen LogP contribution in [0.3, 0.4) is 0 Å². The summed E-state index contributed by atoms with van der Waals surface area (Å²) in [5.41, 5.74) is 0.128. The maximum Gasteiger partial charge on any atom is 0.327 e. The van der Waals surface area contributed by atoms with Crippen molar-refractivity contribution in [2.45, 2.75) is 38.6 Å². The van der Waals surface area contributed by atoms with E-state index in [2.05, 4.69) is 0 Å². The van der Waals surface area contributed by atoms with Crippen molar-refractivity contribution in [2.24, 2.45) is 5.92 Å². The summed E-state index contributed by atoms with van der Waals surface area (Å²) in [4.78, 5) is 43.0. The molecule has 0 aromatic carbocycles. The van der Waals surface area contributed by atoms with Crippen molar-refractivity contribution < 1.29 is 19.5 Å². The van der Waals surface area contributed by atoms with E-state index < -0.39 is 5.54 Å². The minimum absolute atomic E-state index is 0.0226. The first-order valence-electron chi connectivity index (χ1n) is 9.42. The second-order valence-electron chi connectivity index (χ2n) is 7.69. The number of nitrogens with zero attached hydrogens (tertiary/aromatic N) is 3. The highest BCUT2D eigenvalue weighted by molar-refractivity contribution is 7.08. The van der Waals surface area contributed by atoms with E-state index in [1.807, 2.05) is 30.7 Å². The number of carbonyl (C=O) groups is 3. The van der Waals surface area contributed by atoms with Gasteiger partial charge in [0.1, 0.15) is 5.54 Å². The van der Waals surface area contributed by atoms with Crippen molar-refractivity contribution in [1.82, 2.24) is 14.7 Å². The molecule has 0 unspecified atom stereocenters. The molecule has 4 amide bonds. The minimum Gasteiger partial charge on any atom is -0.395 e. The van der Waals surface area contributed by atoms with Gasteiger partial charge in [0.05, 0.1) is 19.6 Å². The lowest BCUT2D eigenvalue weighted by atomic mass is 9.85. The van der Waals surface area contributed by atoms with Crippen molar-refractivity contribution >= 4 is 29.2 Å². The lowest BCUT2D eigenvalue weighted by Gasteiger charge is -2.42. The normalized spacial score (nSPS) is 19.6. The van der Waals surface area contributed by atoms with Crippen molar-refractivity contribution in [3.8, 4) is 0 Å². The Morgan fingerprint density at radius 2 is 2.00 bits per heavy atom. The van der Waals surface area contributed by atoms with Gasteiger partial charge in [-0.1, -0.05) is 13.8 Å². The van der Waals surface area contributed by atoms with Crippen LogP contribution in [0.25, 0.3) is 0 Å². The van der Waals surface area contributed by atoms with Crippen molar-refractivity contribution in [1.29, 1.82) is 0 Å². The van der Waals surface area contributed by atoms with Crippen molar-refractivity contribution in [3.05, 3.63) is 22.4 Å². The first-order chi connectivity index (χ1) is 12.9. The summed E-state index contributed by atoms with van der Waals surface area (Å²) in [6.07, 6.45) is 1.26. The number of imide groups is 1. The Bertz CT molecular complexity index is 696. The fourth-order valence-corrected chi connectivity index (χ4v) is 4.66. The van der Waals surface area contributed by atoms with Gasteiger partial charge < -0.3 is 14.9 Å². The molecule has 2 saturated heterocycles. The van der Waals surface area contributed by atoms with E-state index in [0.29, 0.717) is 38.9 Å². The number of thiophene rings is 1. The molecule has 1 spiro atoms. The highest BCUT2D eigenvalue weighted by Crippen LogP contribution is 2.38. The predicted octanol–water partition coefficient (Wildman–Crippen LogP) is 1.56. The number of piperidine rings is 1. The van der Waals surface area contributed by atoms with Gasteiger partial charge in [-0.15, -0.1) is 0 Å². The maximum atomic E-state index is 13.1. The van der Waals surface area contributed by atoms with Gasteiger partial charge in [0.15, 0.2) is 0 Å². The molecule has 0 bridgehead atoms. The average Bonchev–Trinajstić information content (AvgIpc) is 3.21. The zero-order valence-electron chi connectivity index (χ0n) is 15.9. The van der Waals surface area contributed by atoms with Crippen LogP contribution in [0.1, 0.15) is 32.3 Å². The van der Waals surface area contributed by atoms with Crippen LogP contribution in [0.15, 0.2) is 16.8 Å². The van der Waals surface area contributed by atoms with Gasteiger partial charge in [-0.25, -0.2) is 4.79 Å². The number of carbonyl (C=O) groups excluding carboxylic acids is 3. The van der Waals surface area contributed by atoms with E-state index >= 15 is 0 Å². The lowest BCUT2D eigenvalue weighted by molar-refractivity contribution is -0.141.